The summed E-state index contributed by atoms with van der Waals surface area (Å²) in [6, 6.07) is 10.8. The predicted octanol–water partition coefficient (Wildman–Crippen LogP) is 3.89. The van der Waals surface area contributed by atoms with Crippen LogP contribution >= 0.6 is 0 Å². The third kappa shape index (κ3) is 5.14. The molecule has 8 nitrogen and oxygen atoms in total. The van der Waals surface area contributed by atoms with Gasteiger partial charge >= 0.3 is 6.09 Å². The van der Waals surface area contributed by atoms with Crippen molar-refractivity contribution >= 4 is 22.6 Å². The number of carbonyl (C=O) groups excluding carboxylic acids is 1. The Morgan fingerprint density at radius 2 is 1.61 bits per heavy atom. The zero-order chi connectivity index (χ0) is 22.8. The van der Waals surface area contributed by atoms with E-state index in [-0.39, 0.29) is 5.56 Å². The minimum atomic E-state index is -0.566. The van der Waals surface area contributed by atoms with Gasteiger partial charge in [-0.25, -0.2) is 9.48 Å². The molecule has 0 aliphatic heterocycles. The van der Waals surface area contributed by atoms with Crippen molar-refractivity contribution in [2.75, 3.05) is 19.5 Å². The standard InChI is InChI=1S/C23H27N3O5/c1-23(2,3)31-22(28)24-15-9-7-14(8-10-15)11-18-16-12-19(29-5)20(30-6)13-17(16)21(27)26(4)25-18/h7-10,12-13H,11H2,1-6H3,(H,24,28). The molecule has 0 radical (unpaired) electrons. The summed E-state index contributed by atoms with van der Waals surface area (Å²) in [6.45, 7) is 5.43. The highest BCUT2D eigenvalue weighted by molar-refractivity contribution is 5.87. The monoisotopic (exact) mass is 425 g/mol. The zero-order valence-electron chi connectivity index (χ0n) is 18.6. The van der Waals surface area contributed by atoms with Gasteiger partial charge in [0.25, 0.3) is 5.56 Å². The second kappa shape index (κ2) is 8.67. The van der Waals surface area contributed by atoms with Crippen molar-refractivity contribution < 1.29 is 19.0 Å². The molecule has 0 aliphatic carbocycles. The van der Waals surface area contributed by atoms with Crippen LogP contribution in [0.4, 0.5) is 10.5 Å². The first-order chi connectivity index (χ1) is 14.6. The van der Waals surface area contributed by atoms with E-state index >= 15 is 0 Å². The minimum Gasteiger partial charge on any atom is -0.493 e. The molecule has 31 heavy (non-hydrogen) atoms. The van der Waals surface area contributed by atoms with E-state index in [1.165, 1.54) is 11.8 Å². The zero-order valence-corrected chi connectivity index (χ0v) is 18.6. The van der Waals surface area contributed by atoms with Gasteiger partial charge in [-0.2, -0.15) is 5.10 Å². The summed E-state index contributed by atoms with van der Waals surface area (Å²) in [5, 5.41) is 8.38. The van der Waals surface area contributed by atoms with E-state index in [1.807, 2.05) is 32.9 Å². The number of hydrogen-bond donors (Lipinski definition) is 1. The first-order valence-electron chi connectivity index (χ1n) is 9.82. The Hall–Kier alpha value is -3.55. The number of benzene rings is 2. The number of ether oxygens (including phenoxy) is 3. The van der Waals surface area contributed by atoms with Gasteiger partial charge in [0, 0.05) is 24.5 Å². The van der Waals surface area contributed by atoms with Gasteiger partial charge in [0.15, 0.2) is 11.5 Å². The lowest BCUT2D eigenvalue weighted by atomic mass is 10.0. The van der Waals surface area contributed by atoms with Crippen LogP contribution in [0, 0.1) is 0 Å². The highest BCUT2D eigenvalue weighted by atomic mass is 16.6. The van der Waals surface area contributed by atoms with Gasteiger partial charge in [-0.3, -0.25) is 10.1 Å². The van der Waals surface area contributed by atoms with Gasteiger partial charge in [-0.05, 0) is 50.6 Å². The number of rotatable bonds is 5. The van der Waals surface area contributed by atoms with Crippen molar-refractivity contribution in [3.63, 3.8) is 0 Å². The summed E-state index contributed by atoms with van der Waals surface area (Å²) in [5.74, 6) is 1.02. The van der Waals surface area contributed by atoms with Crippen LogP contribution in [0.5, 0.6) is 11.5 Å². The molecule has 0 fully saturated rings. The third-order valence-corrected chi connectivity index (χ3v) is 4.60. The average Bonchev–Trinajstić information content (AvgIpc) is 2.70. The molecular formula is C23H27N3O5. The molecular weight excluding hydrogens is 398 g/mol. The van der Waals surface area contributed by atoms with Crippen LogP contribution in [0.3, 0.4) is 0 Å². The average molecular weight is 425 g/mol. The van der Waals surface area contributed by atoms with Crippen LogP contribution in [0.1, 0.15) is 32.0 Å². The largest absolute Gasteiger partial charge is 0.493 e. The molecule has 0 spiro atoms. The quantitative estimate of drug-likeness (QED) is 0.667. The number of carbonyl (C=O) groups is 1. The molecule has 0 atom stereocenters. The van der Waals surface area contributed by atoms with Gasteiger partial charge in [0.05, 0.1) is 25.3 Å². The number of anilines is 1. The molecule has 0 bridgehead atoms. The summed E-state index contributed by atoms with van der Waals surface area (Å²) >= 11 is 0. The predicted molar refractivity (Wildman–Crippen MR) is 119 cm³/mol. The van der Waals surface area contributed by atoms with Crippen LogP contribution in [0.25, 0.3) is 10.8 Å². The SMILES string of the molecule is COc1cc2c(Cc3ccc(NC(=O)OC(C)(C)C)cc3)nn(C)c(=O)c2cc1OC. The van der Waals surface area contributed by atoms with Crippen molar-refractivity contribution in [1.29, 1.82) is 0 Å². The molecule has 3 rings (SSSR count). The van der Waals surface area contributed by atoms with Crippen molar-refractivity contribution in [1.82, 2.24) is 9.78 Å². The minimum absolute atomic E-state index is 0.211. The maximum atomic E-state index is 12.6. The topological polar surface area (TPSA) is 91.7 Å². The Labute approximate surface area is 180 Å². The highest BCUT2D eigenvalue weighted by Gasteiger charge is 2.17. The second-order valence-electron chi connectivity index (χ2n) is 8.13. The third-order valence-electron chi connectivity index (χ3n) is 4.60. The maximum absolute atomic E-state index is 12.6. The van der Waals surface area contributed by atoms with E-state index in [9.17, 15) is 9.59 Å². The van der Waals surface area contributed by atoms with Gasteiger partial charge in [0.2, 0.25) is 0 Å². The molecule has 1 aromatic heterocycles. The molecule has 0 aliphatic rings. The maximum Gasteiger partial charge on any atom is 0.412 e. The van der Waals surface area contributed by atoms with Gasteiger partial charge in [-0.1, -0.05) is 12.1 Å². The number of aromatic nitrogens is 2. The number of hydrogen-bond acceptors (Lipinski definition) is 6. The van der Waals surface area contributed by atoms with Crippen LogP contribution in [-0.4, -0.2) is 35.7 Å². The molecule has 3 aromatic rings. The number of methoxy groups -OCH3 is 2. The molecule has 1 amide bonds. The fourth-order valence-electron chi connectivity index (χ4n) is 3.20. The summed E-state index contributed by atoms with van der Waals surface area (Å²) in [6.07, 6.45) is -0.0145. The van der Waals surface area contributed by atoms with E-state index in [1.54, 1.807) is 38.4 Å². The lowest BCUT2D eigenvalue weighted by Crippen LogP contribution is -2.27. The molecule has 0 saturated heterocycles. The number of fused-ring (bicyclic) bond motifs is 1. The number of amides is 1. The Bertz CT molecular complexity index is 1160. The molecule has 8 heteroatoms. The number of aryl methyl sites for hydroxylation is 1. The normalized spacial score (nSPS) is 11.3. The molecule has 1 N–H and O–H groups in total. The second-order valence-corrected chi connectivity index (χ2v) is 8.13. The van der Waals surface area contributed by atoms with Gasteiger partial charge in [-0.15, -0.1) is 0 Å². The van der Waals surface area contributed by atoms with Crippen molar-refractivity contribution in [2.45, 2.75) is 32.8 Å². The lowest BCUT2D eigenvalue weighted by molar-refractivity contribution is 0.0636. The first kappa shape index (κ1) is 22.1. The lowest BCUT2D eigenvalue weighted by Gasteiger charge is -2.19. The molecule has 0 saturated carbocycles. The van der Waals surface area contributed by atoms with E-state index in [4.69, 9.17) is 14.2 Å². The molecule has 2 aromatic carbocycles. The summed E-state index contributed by atoms with van der Waals surface area (Å²) in [4.78, 5) is 24.5. The van der Waals surface area contributed by atoms with Gasteiger partial charge in [0.1, 0.15) is 5.60 Å². The Morgan fingerprint density at radius 1 is 1.03 bits per heavy atom. The fraction of sp³-hybridized carbons (Fsp3) is 0.348. The highest BCUT2D eigenvalue weighted by Crippen LogP contribution is 2.32. The molecule has 0 unspecified atom stereocenters. The van der Waals surface area contributed by atoms with Crippen molar-refractivity contribution in [3.05, 3.63) is 58.0 Å². The van der Waals surface area contributed by atoms with Crippen LogP contribution in [0.2, 0.25) is 0 Å². The summed E-state index contributed by atoms with van der Waals surface area (Å²) in [7, 11) is 4.70. The summed E-state index contributed by atoms with van der Waals surface area (Å²) < 4.78 is 17.3. The van der Waals surface area contributed by atoms with E-state index in [0.717, 1.165) is 11.3 Å². The van der Waals surface area contributed by atoms with Crippen LogP contribution in [-0.2, 0) is 18.2 Å². The summed E-state index contributed by atoms with van der Waals surface area (Å²) in [5.41, 5.74) is 1.55. The van der Waals surface area contributed by atoms with E-state index in [2.05, 4.69) is 10.4 Å². The number of nitrogens with zero attached hydrogens (tertiary/aromatic N) is 2. The van der Waals surface area contributed by atoms with Crippen LogP contribution in [0.15, 0.2) is 41.2 Å². The Kier molecular flexibility index (Phi) is 6.19. The van der Waals surface area contributed by atoms with E-state index in [0.29, 0.717) is 34.4 Å². The molecule has 1 heterocycles. The van der Waals surface area contributed by atoms with E-state index < -0.39 is 11.7 Å². The van der Waals surface area contributed by atoms with Gasteiger partial charge < -0.3 is 14.2 Å². The smallest absolute Gasteiger partial charge is 0.412 e. The Balaban J connectivity index is 1.90. The Morgan fingerprint density at radius 3 is 2.16 bits per heavy atom. The fourth-order valence-corrected chi connectivity index (χ4v) is 3.20. The first-order valence-corrected chi connectivity index (χ1v) is 9.82. The van der Waals surface area contributed by atoms with Crippen molar-refractivity contribution in [3.8, 4) is 11.5 Å². The molecule has 164 valence electrons. The number of nitrogens with one attached hydrogen (secondary N) is 1. The van der Waals surface area contributed by atoms with Crippen molar-refractivity contribution in [2.24, 2.45) is 7.05 Å². The van der Waals surface area contributed by atoms with Crippen LogP contribution < -0.4 is 20.3 Å².